The number of carboxylic acid groups (broad SMARTS) is 1. The minimum Gasteiger partial charge on any atom is -0.465 e. The number of halogens is 1. The Labute approximate surface area is 167 Å². The van der Waals surface area contributed by atoms with Crippen molar-refractivity contribution in [1.82, 2.24) is 4.90 Å². The Kier molecular flexibility index (Phi) is 5.40. The second-order valence-corrected chi connectivity index (χ2v) is 9.27. The predicted molar refractivity (Wildman–Crippen MR) is 106 cm³/mol. The van der Waals surface area contributed by atoms with Gasteiger partial charge in [-0.2, -0.15) is 0 Å². The zero-order valence-electron chi connectivity index (χ0n) is 16.1. The molecule has 0 bridgehead atoms. The lowest BCUT2D eigenvalue weighted by atomic mass is 9.69. The minimum absolute atomic E-state index is 0.00196. The number of nitrogens with zero attached hydrogens (tertiary/aromatic N) is 3. The summed E-state index contributed by atoms with van der Waals surface area (Å²) >= 11 is 1.36. The molecule has 2 unspecified atom stereocenters. The number of amides is 1. The number of carbonyl (C=O) groups is 1. The second kappa shape index (κ2) is 7.35. The van der Waals surface area contributed by atoms with Crippen molar-refractivity contribution in [2.75, 3.05) is 5.75 Å². The van der Waals surface area contributed by atoms with Gasteiger partial charge in [0.05, 0.1) is 10.5 Å². The fourth-order valence-corrected chi connectivity index (χ4v) is 5.62. The van der Waals surface area contributed by atoms with Crippen molar-refractivity contribution in [2.24, 2.45) is 10.9 Å². The largest absolute Gasteiger partial charge is 0.465 e. The summed E-state index contributed by atoms with van der Waals surface area (Å²) in [6.07, 6.45) is 2.04. The van der Waals surface area contributed by atoms with Crippen LogP contribution in [-0.4, -0.2) is 37.5 Å². The van der Waals surface area contributed by atoms with E-state index in [1.165, 1.54) is 22.7 Å². The van der Waals surface area contributed by atoms with Gasteiger partial charge in [-0.25, -0.2) is 9.18 Å². The number of hydrogen-bond donors (Lipinski definition) is 1. The molecule has 0 spiro atoms. The van der Waals surface area contributed by atoms with Crippen molar-refractivity contribution in [3.8, 4) is 0 Å². The molecule has 3 rings (SSSR count). The number of nitro benzene ring substituents is 1. The zero-order valence-corrected chi connectivity index (χ0v) is 17.0. The van der Waals surface area contributed by atoms with Gasteiger partial charge < -0.3 is 5.11 Å². The molecular weight excluding hydrogens is 385 g/mol. The van der Waals surface area contributed by atoms with E-state index in [1.54, 1.807) is 20.8 Å². The van der Waals surface area contributed by atoms with Crippen LogP contribution in [0.4, 0.5) is 14.9 Å². The monoisotopic (exact) mass is 409 g/mol. The molecule has 28 heavy (non-hydrogen) atoms. The van der Waals surface area contributed by atoms with Gasteiger partial charge >= 0.3 is 6.09 Å². The summed E-state index contributed by atoms with van der Waals surface area (Å²) in [4.78, 5) is 28.7. The number of thioether (sulfide) groups is 1. The summed E-state index contributed by atoms with van der Waals surface area (Å²) in [6, 6.07) is 3.53. The van der Waals surface area contributed by atoms with Gasteiger partial charge in [-0.3, -0.25) is 20.0 Å². The molecule has 0 radical (unpaired) electrons. The van der Waals surface area contributed by atoms with Crippen LogP contribution in [0, 0.1) is 21.8 Å². The lowest BCUT2D eigenvalue weighted by molar-refractivity contribution is -0.385. The van der Waals surface area contributed by atoms with E-state index in [4.69, 9.17) is 4.99 Å². The fraction of sp³-hybridized carbons (Fsp3) is 0.579. The van der Waals surface area contributed by atoms with E-state index in [1.807, 2.05) is 0 Å². The van der Waals surface area contributed by atoms with Crippen LogP contribution in [0.1, 0.15) is 52.0 Å². The molecule has 2 atom stereocenters. The molecular formula is C19H24FN3O4S. The molecule has 1 N–H and O–H groups in total. The minimum atomic E-state index is -1.12. The Hall–Kier alpha value is -2.16. The van der Waals surface area contributed by atoms with Crippen LogP contribution in [0.25, 0.3) is 0 Å². The summed E-state index contributed by atoms with van der Waals surface area (Å²) in [5.41, 5.74) is -1.69. The molecule has 152 valence electrons. The van der Waals surface area contributed by atoms with Gasteiger partial charge in [-0.15, -0.1) is 0 Å². The first-order chi connectivity index (χ1) is 13.1. The van der Waals surface area contributed by atoms with Crippen LogP contribution in [0.15, 0.2) is 23.2 Å². The van der Waals surface area contributed by atoms with E-state index in [9.17, 15) is 24.4 Å². The average molecular weight is 409 g/mol. The quantitative estimate of drug-likeness (QED) is 0.548. The van der Waals surface area contributed by atoms with Crippen LogP contribution in [0.2, 0.25) is 0 Å². The van der Waals surface area contributed by atoms with Crippen LogP contribution in [0.3, 0.4) is 0 Å². The molecule has 1 fully saturated rings. The third kappa shape index (κ3) is 3.59. The van der Waals surface area contributed by atoms with Crippen molar-refractivity contribution in [3.63, 3.8) is 0 Å². The van der Waals surface area contributed by atoms with Gasteiger partial charge in [0.1, 0.15) is 5.82 Å². The SMILES string of the molecule is CC(C)(C)N(C(=O)O)C1=NC2(c3cc([N+](=O)[O-])ccc3F)CCCCC2CS1. The highest BCUT2D eigenvalue weighted by atomic mass is 32.2. The predicted octanol–water partition coefficient (Wildman–Crippen LogP) is 5.00. The van der Waals surface area contributed by atoms with Gasteiger partial charge in [0.15, 0.2) is 5.17 Å². The maximum Gasteiger partial charge on any atom is 0.413 e. The Morgan fingerprint density at radius 1 is 1.43 bits per heavy atom. The van der Waals surface area contributed by atoms with Crippen LogP contribution in [-0.2, 0) is 5.54 Å². The molecule has 0 saturated heterocycles. The molecule has 1 aliphatic carbocycles. The number of non-ortho nitro benzene ring substituents is 1. The molecule has 1 aromatic rings. The van der Waals surface area contributed by atoms with E-state index < -0.39 is 27.9 Å². The smallest absolute Gasteiger partial charge is 0.413 e. The molecule has 2 aliphatic rings. The van der Waals surface area contributed by atoms with E-state index >= 15 is 0 Å². The third-order valence-electron chi connectivity index (χ3n) is 5.43. The number of nitro groups is 1. The summed E-state index contributed by atoms with van der Waals surface area (Å²) < 4.78 is 14.9. The standard InChI is InChI=1S/C19H24FN3O4S/c1-18(2,3)22(17(24)25)16-21-19(9-5-4-6-12(19)11-28-16)14-10-13(23(26)27)7-8-15(14)20/h7-8,10,12H,4-6,9,11H2,1-3H3,(H,24,25). The molecule has 1 saturated carbocycles. The molecule has 1 aromatic carbocycles. The van der Waals surface area contributed by atoms with Crippen molar-refractivity contribution in [1.29, 1.82) is 0 Å². The highest BCUT2D eigenvalue weighted by Crippen LogP contribution is 2.51. The number of amidine groups is 1. The molecule has 1 aliphatic heterocycles. The average Bonchev–Trinajstić information content (AvgIpc) is 2.60. The molecule has 9 heteroatoms. The summed E-state index contributed by atoms with van der Waals surface area (Å²) in [5.74, 6) is 0.0631. The number of hydrogen-bond acceptors (Lipinski definition) is 5. The van der Waals surface area contributed by atoms with Gasteiger partial charge in [-0.1, -0.05) is 24.6 Å². The second-order valence-electron chi connectivity index (χ2n) is 8.28. The number of rotatable bonds is 2. The topological polar surface area (TPSA) is 96.0 Å². The first-order valence-electron chi connectivity index (χ1n) is 9.26. The van der Waals surface area contributed by atoms with E-state index in [2.05, 4.69) is 0 Å². The van der Waals surface area contributed by atoms with Crippen molar-refractivity contribution < 1.29 is 19.2 Å². The Morgan fingerprint density at radius 3 is 2.75 bits per heavy atom. The molecule has 1 amide bonds. The van der Waals surface area contributed by atoms with E-state index in [0.717, 1.165) is 31.4 Å². The van der Waals surface area contributed by atoms with Crippen LogP contribution in [0.5, 0.6) is 0 Å². The van der Waals surface area contributed by atoms with Crippen LogP contribution < -0.4 is 0 Å². The number of benzene rings is 1. The van der Waals surface area contributed by atoms with Gasteiger partial charge in [-0.05, 0) is 45.6 Å². The van der Waals surface area contributed by atoms with E-state index in [-0.39, 0.29) is 17.2 Å². The number of aliphatic imine (C=N–C) groups is 1. The Balaban J connectivity index is 2.20. The normalized spacial score (nSPS) is 24.9. The number of fused-ring (bicyclic) bond motifs is 1. The maximum atomic E-state index is 14.9. The van der Waals surface area contributed by atoms with Crippen molar-refractivity contribution in [2.45, 2.75) is 57.5 Å². The Morgan fingerprint density at radius 2 is 2.14 bits per heavy atom. The summed E-state index contributed by atoms with van der Waals surface area (Å²) in [5, 5.41) is 21.3. The van der Waals surface area contributed by atoms with Crippen LogP contribution >= 0.6 is 11.8 Å². The van der Waals surface area contributed by atoms with Gasteiger partial charge in [0.2, 0.25) is 0 Å². The lowest BCUT2D eigenvalue weighted by Crippen LogP contribution is -2.52. The Bertz CT molecular complexity index is 839. The maximum absolute atomic E-state index is 14.9. The molecule has 0 aromatic heterocycles. The van der Waals surface area contributed by atoms with Crippen molar-refractivity contribution >= 4 is 28.7 Å². The highest BCUT2D eigenvalue weighted by Gasteiger charge is 2.48. The van der Waals surface area contributed by atoms with E-state index in [0.29, 0.717) is 17.3 Å². The lowest BCUT2D eigenvalue weighted by Gasteiger charge is -2.46. The van der Waals surface area contributed by atoms with Crippen molar-refractivity contribution in [3.05, 3.63) is 39.7 Å². The summed E-state index contributed by atoms with van der Waals surface area (Å²) in [7, 11) is 0. The van der Waals surface area contributed by atoms with Gasteiger partial charge in [0.25, 0.3) is 5.69 Å². The first kappa shape index (κ1) is 20.6. The fourth-order valence-electron chi connectivity index (χ4n) is 4.12. The highest BCUT2D eigenvalue weighted by molar-refractivity contribution is 8.13. The zero-order chi connectivity index (χ0) is 20.7. The molecule has 1 heterocycles. The summed E-state index contributed by atoms with van der Waals surface area (Å²) in [6.45, 7) is 5.33. The molecule has 7 nitrogen and oxygen atoms in total. The first-order valence-corrected chi connectivity index (χ1v) is 10.2. The van der Waals surface area contributed by atoms with Gasteiger partial charge in [0, 0.05) is 29.0 Å². The third-order valence-corrected chi connectivity index (χ3v) is 6.53.